The number of rotatable bonds is 4. The summed E-state index contributed by atoms with van der Waals surface area (Å²) in [5.41, 5.74) is 0.731. The lowest BCUT2D eigenvalue weighted by atomic mass is 10.1. The van der Waals surface area contributed by atoms with Crippen LogP contribution in [0.3, 0.4) is 0 Å². The van der Waals surface area contributed by atoms with E-state index in [1.165, 1.54) is 12.1 Å². The maximum absolute atomic E-state index is 12.8. The number of carbonyl (C=O) groups is 3. The molecule has 1 fully saturated rings. The third-order valence-corrected chi connectivity index (χ3v) is 3.88. The molecule has 26 heavy (non-hydrogen) atoms. The molecule has 0 radical (unpaired) electrons. The molecule has 4 amide bonds. The molecule has 0 bridgehead atoms. The van der Waals surface area contributed by atoms with Crippen molar-refractivity contribution in [3.63, 3.8) is 0 Å². The summed E-state index contributed by atoms with van der Waals surface area (Å²) in [4.78, 5) is 38.0. The van der Waals surface area contributed by atoms with Crippen LogP contribution in [0.15, 0.2) is 54.1 Å². The number of ether oxygens (including phenoxy) is 1. The monoisotopic (exact) mass is 370 g/mol. The Morgan fingerprint density at radius 1 is 1.12 bits per heavy atom. The molecule has 0 aliphatic carbocycles. The first-order valence-electron chi connectivity index (χ1n) is 7.89. The number of hydrogen-bond acceptors (Lipinski definition) is 4. The van der Waals surface area contributed by atoms with E-state index in [1.807, 2.05) is 6.92 Å². The van der Waals surface area contributed by atoms with E-state index in [9.17, 15) is 14.4 Å². The van der Waals surface area contributed by atoms with Crippen molar-refractivity contribution in [1.82, 2.24) is 5.32 Å². The molecule has 0 aromatic heterocycles. The molecular formula is C19H15ClN2O4. The van der Waals surface area contributed by atoms with Crippen molar-refractivity contribution in [3.8, 4) is 5.75 Å². The second kappa shape index (κ2) is 7.41. The standard InChI is InChI=1S/C19H15ClN2O4/c1-2-26-15-8-3-5-12(9-15)10-16-17(23)21-19(25)22(18(16)24)14-7-4-6-13(20)11-14/h3-11H,2H2,1H3,(H,21,23,25)/b16-10-. The molecule has 1 heterocycles. The first-order chi connectivity index (χ1) is 12.5. The van der Waals surface area contributed by atoms with Crippen LogP contribution < -0.4 is 15.0 Å². The molecule has 0 saturated carbocycles. The first-order valence-corrected chi connectivity index (χ1v) is 8.27. The number of nitrogens with zero attached hydrogens (tertiary/aromatic N) is 1. The molecule has 3 rings (SSSR count). The van der Waals surface area contributed by atoms with E-state index in [0.717, 1.165) is 4.90 Å². The van der Waals surface area contributed by atoms with Crippen LogP contribution in [-0.2, 0) is 9.59 Å². The van der Waals surface area contributed by atoms with E-state index in [2.05, 4.69) is 5.32 Å². The highest BCUT2D eigenvalue weighted by atomic mass is 35.5. The van der Waals surface area contributed by atoms with Crippen molar-refractivity contribution >= 4 is 41.2 Å². The minimum absolute atomic E-state index is 0.154. The SMILES string of the molecule is CCOc1cccc(/C=C2/C(=O)NC(=O)N(c3cccc(Cl)c3)C2=O)c1. The van der Waals surface area contributed by atoms with Crippen LogP contribution in [0.4, 0.5) is 10.5 Å². The highest BCUT2D eigenvalue weighted by Gasteiger charge is 2.36. The number of halogens is 1. The fraction of sp³-hybridized carbons (Fsp3) is 0.105. The highest BCUT2D eigenvalue weighted by molar-refractivity contribution is 6.39. The Bertz CT molecular complexity index is 923. The number of barbiturate groups is 1. The first kappa shape index (κ1) is 17.7. The zero-order valence-electron chi connectivity index (χ0n) is 13.9. The molecular weight excluding hydrogens is 356 g/mol. The normalized spacial score (nSPS) is 16.0. The van der Waals surface area contributed by atoms with Crippen molar-refractivity contribution in [3.05, 3.63) is 64.7 Å². The van der Waals surface area contributed by atoms with Gasteiger partial charge in [0.2, 0.25) is 0 Å². The van der Waals surface area contributed by atoms with Crippen LogP contribution >= 0.6 is 11.6 Å². The fourth-order valence-corrected chi connectivity index (χ4v) is 2.72. The van der Waals surface area contributed by atoms with Gasteiger partial charge in [0.05, 0.1) is 12.3 Å². The van der Waals surface area contributed by atoms with Gasteiger partial charge in [0.1, 0.15) is 11.3 Å². The van der Waals surface area contributed by atoms with Crippen LogP contribution in [0.1, 0.15) is 12.5 Å². The minimum Gasteiger partial charge on any atom is -0.494 e. The summed E-state index contributed by atoms with van der Waals surface area (Å²) in [5.74, 6) is -0.851. The van der Waals surface area contributed by atoms with Crippen molar-refractivity contribution in [2.24, 2.45) is 0 Å². The van der Waals surface area contributed by atoms with Crippen molar-refractivity contribution < 1.29 is 19.1 Å². The van der Waals surface area contributed by atoms with Gasteiger partial charge in [-0.15, -0.1) is 0 Å². The summed E-state index contributed by atoms with van der Waals surface area (Å²) >= 11 is 5.94. The van der Waals surface area contributed by atoms with Crippen LogP contribution in [-0.4, -0.2) is 24.5 Å². The predicted octanol–water partition coefficient (Wildman–Crippen LogP) is 3.41. The van der Waals surface area contributed by atoms with E-state index < -0.39 is 17.8 Å². The predicted molar refractivity (Wildman–Crippen MR) is 98.1 cm³/mol. The number of carbonyl (C=O) groups excluding carboxylic acids is 3. The van der Waals surface area contributed by atoms with Crippen molar-refractivity contribution in [2.75, 3.05) is 11.5 Å². The van der Waals surface area contributed by atoms with Crippen LogP contribution in [0.25, 0.3) is 6.08 Å². The molecule has 1 aliphatic heterocycles. The van der Waals surface area contributed by atoms with Crippen LogP contribution in [0.2, 0.25) is 5.02 Å². The molecule has 132 valence electrons. The topological polar surface area (TPSA) is 75.7 Å². The lowest BCUT2D eigenvalue weighted by molar-refractivity contribution is -0.122. The van der Waals surface area contributed by atoms with E-state index in [0.29, 0.717) is 22.9 Å². The van der Waals surface area contributed by atoms with Gasteiger partial charge in [-0.25, -0.2) is 9.69 Å². The molecule has 1 aliphatic rings. The third kappa shape index (κ3) is 3.60. The van der Waals surface area contributed by atoms with E-state index in [-0.39, 0.29) is 11.3 Å². The molecule has 7 heteroatoms. The Hall–Kier alpha value is -3.12. The number of imide groups is 2. The summed E-state index contributed by atoms with van der Waals surface area (Å²) in [6, 6.07) is 12.4. The summed E-state index contributed by atoms with van der Waals surface area (Å²) in [6.45, 7) is 2.36. The molecule has 6 nitrogen and oxygen atoms in total. The van der Waals surface area contributed by atoms with Gasteiger partial charge in [-0.3, -0.25) is 14.9 Å². The van der Waals surface area contributed by atoms with Gasteiger partial charge < -0.3 is 4.74 Å². The Morgan fingerprint density at radius 3 is 2.62 bits per heavy atom. The molecule has 1 N–H and O–H groups in total. The summed E-state index contributed by atoms with van der Waals surface area (Å²) < 4.78 is 5.42. The van der Waals surface area contributed by atoms with E-state index >= 15 is 0 Å². The van der Waals surface area contributed by atoms with Crippen molar-refractivity contribution in [1.29, 1.82) is 0 Å². The van der Waals surface area contributed by atoms with Gasteiger partial charge in [-0.05, 0) is 48.9 Å². The van der Waals surface area contributed by atoms with Gasteiger partial charge in [-0.1, -0.05) is 29.8 Å². The molecule has 0 unspecified atom stereocenters. The lowest BCUT2D eigenvalue weighted by Gasteiger charge is -2.26. The number of amides is 4. The smallest absolute Gasteiger partial charge is 0.335 e. The Morgan fingerprint density at radius 2 is 1.88 bits per heavy atom. The van der Waals surface area contributed by atoms with Gasteiger partial charge in [0, 0.05) is 5.02 Å². The van der Waals surface area contributed by atoms with Crippen LogP contribution in [0, 0.1) is 0 Å². The Balaban J connectivity index is 1.99. The number of anilines is 1. The van der Waals surface area contributed by atoms with E-state index in [4.69, 9.17) is 16.3 Å². The highest BCUT2D eigenvalue weighted by Crippen LogP contribution is 2.25. The van der Waals surface area contributed by atoms with Crippen molar-refractivity contribution in [2.45, 2.75) is 6.92 Å². The largest absolute Gasteiger partial charge is 0.494 e. The summed E-state index contributed by atoms with van der Waals surface area (Å²) in [5, 5.41) is 2.54. The van der Waals surface area contributed by atoms with Gasteiger partial charge >= 0.3 is 6.03 Å². The lowest BCUT2D eigenvalue weighted by Crippen LogP contribution is -2.54. The zero-order valence-corrected chi connectivity index (χ0v) is 14.6. The minimum atomic E-state index is -0.817. The molecule has 0 atom stereocenters. The maximum Gasteiger partial charge on any atom is 0.335 e. The molecule has 0 spiro atoms. The fourth-order valence-electron chi connectivity index (χ4n) is 2.53. The average Bonchev–Trinajstić information content (AvgIpc) is 2.59. The van der Waals surface area contributed by atoms with E-state index in [1.54, 1.807) is 42.5 Å². The molecule has 1 saturated heterocycles. The number of hydrogen-bond donors (Lipinski definition) is 1. The molecule has 2 aromatic carbocycles. The van der Waals surface area contributed by atoms with Gasteiger partial charge in [0.25, 0.3) is 11.8 Å². The van der Waals surface area contributed by atoms with Gasteiger partial charge in [0.15, 0.2) is 0 Å². The Labute approximate surface area is 155 Å². The summed E-state index contributed by atoms with van der Waals surface area (Å²) in [6.07, 6.45) is 1.42. The number of nitrogens with one attached hydrogen (secondary N) is 1. The maximum atomic E-state index is 12.8. The number of benzene rings is 2. The Kier molecular flexibility index (Phi) is 5.04. The zero-order chi connectivity index (χ0) is 18.7. The van der Waals surface area contributed by atoms with Crippen LogP contribution in [0.5, 0.6) is 5.75 Å². The number of urea groups is 1. The summed E-state index contributed by atoms with van der Waals surface area (Å²) in [7, 11) is 0. The average molecular weight is 371 g/mol. The second-order valence-electron chi connectivity index (χ2n) is 5.44. The molecule has 2 aromatic rings. The van der Waals surface area contributed by atoms with Gasteiger partial charge in [-0.2, -0.15) is 0 Å². The third-order valence-electron chi connectivity index (χ3n) is 3.65. The second-order valence-corrected chi connectivity index (χ2v) is 5.88. The quantitative estimate of drug-likeness (QED) is 0.661.